The molecule has 0 amide bonds. The van der Waals surface area contributed by atoms with Crippen LogP contribution in [0.25, 0.3) is 0 Å². The van der Waals surface area contributed by atoms with Crippen LogP contribution >= 0.6 is 15.9 Å². The topological polar surface area (TPSA) is 60.2 Å². The van der Waals surface area contributed by atoms with Crippen LogP contribution in [0, 0.1) is 17.0 Å². The molecule has 31 heavy (non-hydrogen) atoms. The van der Waals surface area contributed by atoms with E-state index in [1.807, 2.05) is 98.9 Å². The van der Waals surface area contributed by atoms with Gasteiger partial charge in [0.05, 0.1) is 11.8 Å². The molecule has 0 radical (unpaired) electrons. The van der Waals surface area contributed by atoms with Gasteiger partial charge in [0, 0.05) is 9.40 Å². The Morgan fingerprint density at radius 1 is 0.935 bits per heavy atom. The molecule has 0 saturated carbocycles. The Labute approximate surface area is 192 Å². The van der Waals surface area contributed by atoms with E-state index in [4.69, 9.17) is 0 Å². The summed E-state index contributed by atoms with van der Waals surface area (Å²) in [6, 6.07) is 25.2. The Morgan fingerprint density at radius 2 is 1.48 bits per heavy atom. The standard InChI is InChI=1S/C25H26BrNO3Si/c1-18-9-11-20(12-10-18)24(25(28)31(2,3)22-7-5-4-6-8-22)23(17-27(29)30)19-13-15-21(26)16-14-19/h4-16,23-24H,17H2,1-3H3/t23-,24+/m0/s1. The van der Waals surface area contributed by atoms with Crippen LogP contribution < -0.4 is 5.19 Å². The number of hydrogen-bond donors (Lipinski definition) is 0. The van der Waals surface area contributed by atoms with E-state index in [0.29, 0.717) is 0 Å². The van der Waals surface area contributed by atoms with Gasteiger partial charge in [-0.05, 0) is 30.2 Å². The monoisotopic (exact) mass is 495 g/mol. The molecule has 0 heterocycles. The molecule has 0 fully saturated rings. The van der Waals surface area contributed by atoms with Crippen molar-refractivity contribution in [1.29, 1.82) is 0 Å². The third kappa shape index (κ3) is 5.38. The van der Waals surface area contributed by atoms with E-state index in [1.165, 1.54) is 0 Å². The van der Waals surface area contributed by atoms with Crippen molar-refractivity contribution in [2.24, 2.45) is 0 Å². The summed E-state index contributed by atoms with van der Waals surface area (Å²) in [6.07, 6.45) is 0. The lowest BCUT2D eigenvalue weighted by Crippen LogP contribution is -2.53. The second-order valence-electron chi connectivity index (χ2n) is 8.42. The molecule has 0 saturated heterocycles. The van der Waals surface area contributed by atoms with E-state index in [0.717, 1.165) is 26.3 Å². The zero-order valence-electron chi connectivity index (χ0n) is 17.9. The average Bonchev–Trinajstić information content (AvgIpc) is 2.75. The first-order chi connectivity index (χ1) is 14.7. The molecule has 3 aromatic rings. The van der Waals surface area contributed by atoms with Crippen LogP contribution in [0.1, 0.15) is 28.5 Å². The van der Waals surface area contributed by atoms with Crippen molar-refractivity contribution in [3.8, 4) is 0 Å². The van der Waals surface area contributed by atoms with Gasteiger partial charge in [0.25, 0.3) is 0 Å². The number of nitrogens with zero attached hydrogens (tertiary/aromatic N) is 1. The molecule has 6 heteroatoms. The van der Waals surface area contributed by atoms with Crippen LogP contribution in [0.5, 0.6) is 0 Å². The predicted octanol–water partition coefficient (Wildman–Crippen LogP) is 5.63. The van der Waals surface area contributed by atoms with Crippen molar-refractivity contribution in [2.45, 2.75) is 31.9 Å². The normalized spacial score (nSPS) is 13.4. The van der Waals surface area contributed by atoms with Gasteiger partial charge in [-0.2, -0.15) is 0 Å². The zero-order chi connectivity index (χ0) is 22.6. The Bertz CT molecular complexity index is 1050. The fourth-order valence-electron chi connectivity index (χ4n) is 4.00. The van der Waals surface area contributed by atoms with Gasteiger partial charge in [0.2, 0.25) is 6.54 Å². The fourth-order valence-corrected chi connectivity index (χ4v) is 6.72. The lowest BCUT2D eigenvalue weighted by atomic mass is 9.82. The highest BCUT2D eigenvalue weighted by molar-refractivity contribution is 9.10. The minimum atomic E-state index is -2.57. The predicted molar refractivity (Wildman–Crippen MR) is 131 cm³/mol. The zero-order valence-corrected chi connectivity index (χ0v) is 20.5. The van der Waals surface area contributed by atoms with E-state index in [9.17, 15) is 14.9 Å². The number of nitro groups is 1. The molecule has 4 nitrogen and oxygen atoms in total. The van der Waals surface area contributed by atoms with Gasteiger partial charge in [-0.25, -0.2) is 0 Å². The quantitative estimate of drug-likeness (QED) is 0.231. The van der Waals surface area contributed by atoms with Gasteiger partial charge < -0.3 is 4.79 Å². The third-order valence-corrected chi connectivity index (χ3v) is 9.73. The molecule has 3 rings (SSSR count). The Balaban J connectivity index is 2.16. The summed E-state index contributed by atoms with van der Waals surface area (Å²) < 4.78 is 0.897. The first-order valence-corrected chi connectivity index (χ1v) is 14.0. The Morgan fingerprint density at radius 3 is 2.03 bits per heavy atom. The molecule has 2 atom stereocenters. The van der Waals surface area contributed by atoms with E-state index >= 15 is 0 Å². The lowest BCUT2D eigenvalue weighted by Gasteiger charge is -2.31. The number of halogens is 1. The highest BCUT2D eigenvalue weighted by Crippen LogP contribution is 2.37. The van der Waals surface area contributed by atoms with Gasteiger partial charge in [-0.1, -0.05) is 107 Å². The van der Waals surface area contributed by atoms with Crippen molar-refractivity contribution in [1.82, 2.24) is 0 Å². The molecule has 0 spiro atoms. The number of carbonyl (C=O) groups excluding carboxylic acids is 1. The first-order valence-electron chi connectivity index (χ1n) is 10.2. The molecule has 0 N–H and O–H groups in total. The molecule has 0 aromatic heterocycles. The second kappa shape index (κ2) is 9.70. The van der Waals surface area contributed by atoms with Crippen LogP contribution in [0.2, 0.25) is 13.1 Å². The fraction of sp³-hybridized carbons (Fsp3) is 0.240. The second-order valence-corrected chi connectivity index (χ2v) is 13.7. The number of aryl methyl sites for hydroxylation is 1. The number of rotatable bonds is 8. The van der Waals surface area contributed by atoms with Gasteiger partial charge in [0.15, 0.2) is 8.07 Å². The van der Waals surface area contributed by atoms with Gasteiger partial charge in [0.1, 0.15) is 5.41 Å². The first kappa shape index (κ1) is 23.1. The molecule has 0 bridgehead atoms. The minimum Gasteiger partial charge on any atom is -0.304 e. The van der Waals surface area contributed by atoms with E-state index < -0.39 is 19.9 Å². The molecular formula is C25H26BrNO3Si. The summed E-state index contributed by atoms with van der Waals surface area (Å²) in [6.45, 7) is 5.77. The molecule has 0 aliphatic rings. The summed E-state index contributed by atoms with van der Waals surface area (Å²) >= 11 is 3.43. The van der Waals surface area contributed by atoms with Crippen LogP contribution in [0.3, 0.4) is 0 Å². The van der Waals surface area contributed by atoms with Crippen molar-refractivity contribution in [3.63, 3.8) is 0 Å². The third-order valence-electron chi connectivity index (χ3n) is 5.88. The molecule has 160 valence electrons. The Kier molecular flexibility index (Phi) is 7.23. The smallest absolute Gasteiger partial charge is 0.211 e. The van der Waals surface area contributed by atoms with Gasteiger partial charge >= 0.3 is 0 Å². The highest BCUT2D eigenvalue weighted by Gasteiger charge is 2.43. The summed E-state index contributed by atoms with van der Waals surface area (Å²) in [5.74, 6) is -1.14. The van der Waals surface area contributed by atoms with Crippen LogP contribution in [0.15, 0.2) is 83.3 Å². The Hall–Kier alpha value is -2.57. The number of benzene rings is 3. The van der Waals surface area contributed by atoms with Crippen molar-refractivity contribution < 1.29 is 9.72 Å². The molecule has 0 unspecified atom stereocenters. The minimum absolute atomic E-state index is 0.109. The SMILES string of the molecule is Cc1ccc([C@@H](C(=O)[Si](C)(C)c2ccccc2)[C@@H](C[N+](=O)[O-])c2ccc(Br)cc2)cc1. The molecular weight excluding hydrogens is 470 g/mol. The average molecular weight is 496 g/mol. The van der Waals surface area contributed by atoms with Crippen molar-refractivity contribution in [2.75, 3.05) is 6.54 Å². The maximum absolute atomic E-state index is 14.1. The maximum Gasteiger partial charge on any atom is 0.211 e. The van der Waals surface area contributed by atoms with E-state index in [1.54, 1.807) is 0 Å². The number of carbonyl (C=O) groups is 1. The molecule has 3 aromatic carbocycles. The van der Waals surface area contributed by atoms with Gasteiger partial charge in [-0.15, -0.1) is 0 Å². The summed E-state index contributed by atoms with van der Waals surface area (Å²) in [7, 11) is -2.57. The van der Waals surface area contributed by atoms with E-state index in [2.05, 4.69) is 15.9 Å². The van der Waals surface area contributed by atoms with Crippen LogP contribution in [-0.4, -0.2) is 24.9 Å². The maximum atomic E-state index is 14.1. The van der Waals surface area contributed by atoms with Crippen molar-refractivity contribution in [3.05, 3.63) is 110 Å². The lowest BCUT2D eigenvalue weighted by molar-refractivity contribution is -0.483. The highest BCUT2D eigenvalue weighted by atomic mass is 79.9. The number of hydrogen-bond acceptors (Lipinski definition) is 3. The molecule has 0 aliphatic carbocycles. The summed E-state index contributed by atoms with van der Waals surface area (Å²) in [5, 5.41) is 12.8. The van der Waals surface area contributed by atoms with Crippen LogP contribution in [-0.2, 0) is 4.79 Å². The van der Waals surface area contributed by atoms with Gasteiger partial charge in [-0.3, -0.25) is 10.1 Å². The van der Waals surface area contributed by atoms with Crippen molar-refractivity contribution >= 4 is 34.6 Å². The van der Waals surface area contributed by atoms with E-state index in [-0.39, 0.29) is 16.9 Å². The largest absolute Gasteiger partial charge is 0.304 e. The van der Waals surface area contributed by atoms with Crippen LogP contribution in [0.4, 0.5) is 0 Å². The molecule has 0 aliphatic heterocycles. The summed E-state index contributed by atoms with van der Waals surface area (Å²) in [5.41, 5.74) is 2.72. The summed E-state index contributed by atoms with van der Waals surface area (Å²) in [4.78, 5) is 25.5.